The standard InChI is InChI=1S/C7H12O4/c1-3-9-6(8)7(5-11-7)10-4-2/h3-5H2,1-2H3. The maximum atomic E-state index is 11.0. The normalized spacial score (nSPS) is 28.2. The number of carbonyl (C=O) groups is 1. The van der Waals surface area contributed by atoms with Crippen molar-refractivity contribution in [3.63, 3.8) is 0 Å². The summed E-state index contributed by atoms with van der Waals surface area (Å²) in [6.07, 6.45) is 0. The first-order valence-corrected chi connectivity index (χ1v) is 3.70. The van der Waals surface area contributed by atoms with Gasteiger partial charge in [0.05, 0.1) is 6.61 Å². The molecule has 4 nitrogen and oxygen atoms in total. The van der Waals surface area contributed by atoms with Crippen LogP contribution in [0.15, 0.2) is 0 Å². The largest absolute Gasteiger partial charge is 0.462 e. The lowest BCUT2D eigenvalue weighted by molar-refractivity contribution is -0.170. The van der Waals surface area contributed by atoms with E-state index >= 15 is 0 Å². The minimum absolute atomic E-state index is 0.319. The molecule has 64 valence electrons. The van der Waals surface area contributed by atoms with Crippen molar-refractivity contribution in [1.82, 2.24) is 0 Å². The third-order valence-corrected chi connectivity index (χ3v) is 1.37. The molecule has 1 fully saturated rings. The Morgan fingerprint density at radius 1 is 1.55 bits per heavy atom. The summed E-state index contributed by atoms with van der Waals surface area (Å²) in [5, 5.41) is 0. The first-order chi connectivity index (χ1) is 5.25. The van der Waals surface area contributed by atoms with Crippen LogP contribution in [0.4, 0.5) is 0 Å². The number of ether oxygens (including phenoxy) is 3. The molecule has 11 heavy (non-hydrogen) atoms. The summed E-state index contributed by atoms with van der Waals surface area (Å²) < 4.78 is 14.6. The van der Waals surface area contributed by atoms with Gasteiger partial charge < -0.3 is 14.2 Å². The topological polar surface area (TPSA) is 48.1 Å². The number of carbonyl (C=O) groups excluding carboxylic acids is 1. The van der Waals surface area contributed by atoms with Crippen LogP contribution in [0, 0.1) is 0 Å². The zero-order chi connectivity index (χ0) is 8.32. The van der Waals surface area contributed by atoms with Crippen LogP contribution in [-0.4, -0.2) is 31.6 Å². The van der Waals surface area contributed by atoms with E-state index in [0.29, 0.717) is 19.8 Å². The molecule has 1 rings (SSSR count). The fourth-order valence-corrected chi connectivity index (χ4v) is 0.800. The van der Waals surface area contributed by atoms with E-state index in [1.54, 1.807) is 6.92 Å². The molecule has 0 amide bonds. The summed E-state index contributed by atoms with van der Waals surface area (Å²) in [5.41, 5.74) is 0. The Morgan fingerprint density at radius 2 is 2.18 bits per heavy atom. The van der Waals surface area contributed by atoms with E-state index in [2.05, 4.69) is 0 Å². The third-order valence-electron chi connectivity index (χ3n) is 1.37. The first-order valence-electron chi connectivity index (χ1n) is 3.70. The molecule has 0 radical (unpaired) electrons. The molecule has 0 aromatic rings. The predicted octanol–water partition coefficient (Wildman–Crippen LogP) is 0.312. The molecule has 0 bridgehead atoms. The maximum Gasteiger partial charge on any atom is 0.369 e. The van der Waals surface area contributed by atoms with Gasteiger partial charge in [-0.1, -0.05) is 0 Å². The number of hydrogen-bond donors (Lipinski definition) is 0. The van der Waals surface area contributed by atoms with Crippen molar-refractivity contribution in [1.29, 1.82) is 0 Å². The van der Waals surface area contributed by atoms with E-state index < -0.39 is 11.8 Å². The van der Waals surface area contributed by atoms with E-state index in [1.165, 1.54) is 0 Å². The highest BCUT2D eigenvalue weighted by molar-refractivity contribution is 5.80. The van der Waals surface area contributed by atoms with Crippen LogP contribution in [0.3, 0.4) is 0 Å². The van der Waals surface area contributed by atoms with Crippen molar-refractivity contribution in [3.8, 4) is 0 Å². The summed E-state index contributed by atoms with van der Waals surface area (Å²) in [5.74, 6) is -1.47. The van der Waals surface area contributed by atoms with Gasteiger partial charge in [0, 0.05) is 6.61 Å². The van der Waals surface area contributed by atoms with E-state index in [1.807, 2.05) is 6.92 Å². The van der Waals surface area contributed by atoms with E-state index in [9.17, 15) is 4.79 Å². The van der Waals surface area contributed by atoms with E-state index in [-0.39, 0.29) is 0 Å². The van der Waals surface area contributed by atoms with E-state index in [0.717, 1.165) is 0 Å². The quantitative estimate of drug-likeness (QED) is 0.438. The Hall–Kier alpha value is -0.610. The Kier molecular flexibility index (Phi) is 2.46. The SMILES string of the molecule is CCOC(=O)C1(OCC)CO1. The fraction of sp³-hybridized carbons (Fsp3) is 0.857. The first kappa shape index (κ1) is 8.49. The number of rotatable bonds is 4. The van der Waals surface area contributed by atoms with Gasteiger partial charge in [-0.25, -0.2) is 4.79 Å². The summed E-state index contributed by atoms with van der Waals surface area (Å²) in [6.45, 7) is 4.69. The molecule has 0 aromatic carbocycles. The molecule has 4 heteroatoms. The third kappa shape index (κ3) is 1.70. The van der Waals surface area contributed by atoms with Gasteiger partial charge >= 0.3 is 5.97 Å². The van der Waals surface area contributed by atoms with Crippen molar-refractivity contribution in [2.75, 3.05) is 19.8 Å². The highest BCUT2D eigenvalue weighted by atomic mass is 16.8. The van der Waals surface area contributed by atoms with Crippen molar-refractivity contribution >= 4 is 5.97 Å². The minimum Gasteiger partial charge on any atom is -0.462 e. The Morgan fingerprint density at radius 3 is 2.55 bits per heavy atom. The number of hydrogen-bond acceptors (Lipinski definition) is 4. The highest BCUT2D eigenvalue weighted by Crippen LogP contribution is 2.29. The van der Waals surface area contributed by atoms with Crippen LogP contribution in [-0.2, 0) is 19.0 Å². The number of esters is 1. The van der Waals surface area contributed by atoms with E-state index in [4.69, 9.17) is 14.2 Å². The molecule has 1 aliphatic rings. The zero-order valence-electron chi connectivity index (χ0n) is 6.75. The second kappa shape index (κ2) is 3.19. The monoisotopic (exact) mass is 160 g/mol. The van der Waals surface area contributed by atoms with Crippen molar-refractivity contribution in [2.24, 2.45) is 0 Å². The number of epoxide rings is 1. The highest BCUT2D eigenvalue weighted by Gasteiger charge is 2.55. The molecule has 0 aromatic heterocycles. The maximum absolute atomic E-state index is 11.0. The van der Waals surface area contributed by atoms with Gasteiger partial charge in [-0.3, -0.25) is 0 Å². The van der Waals surface area contributed by atoms with Gasteiger partial charge in [-0.2, -0.15) is 0 Å². The van der Waals surface area contributed by atoms with Gasteiger partial charge in [0.15, 0.2) is 0 Å². The van der Waals surface area contributed by atoms with Gasteiger partial charge in [0.2, 0.25) is 0 Å². The summed E-state index contributed by atoms with van der Waals surface area (Å²) in [4.78, 5) is 11.0. The fourth-order valence-electron chi connectivity index (χ4n) is 0.800. The molecule has 1 saturated heterocycles. The second-order valence-electron chi connectivity index (χ2n) is 2.20. The molecule has 0 aliphatic carbocycles. The van der Waals surface area contributed by atoms with Crippen molar-refractivity contribution in [3.05, 3.63) is 0 Å². The lowest BCUT2D eigenvalue weighted by atomic mass is 10.4. The van der Waals surface area contributed by atoms with Gasteiger partial charge in [-0.05, 0) is 13.8 Å². The van der Waals surface area contributed by atoms with Crippen molar-refractivity contribution < 1.29 is 19.0 Å². The molecule has 1 atom stereocenters. The Bertz CT molecular complexity index is 151. The molecule has 1 unspecified atom stereocenters. The predicted molar refractivity (Wildman–Crippen MR) is 36.9 cm³/mol. The van der Waals surface area contributed by atoms with Crippen LogP contribution in [0.2, 0.25) is 0 Å². The molecule has 1 heterocycles. The van der Waals surface area contributed by atoms with Crippen LogP contribution in [0.5, 0.6) is 0 Å². The molecule has 0 spiro atoms. The molecule has 0 N–H and O–H groups in total. The molecule has 0 saturated carbocycles. The van der Waals surface area contributed by atoms with Gasteiger partial charge in [0.25, 0.3) is 5.79 Å². The molecule has 1 aliphatic heterocycles. The lowest BCUT2D eigenvalue weighted by Gasteiger charge is -2.09. The molecular formula is C7H12O4. The Labute approximate surface area is 65.4 Å². The minimum atomic E-state index is -1.05. The van der Waals surface area contributed by atoms with Crippen LogP contribution in [0.25, 0.3) is 0 Å². The van der Waals surface area contributed by atoms with Gasteiger partial charge in [-0.15, -0.1) is 0 Å². The average Bonchev–Trinajstić information content (AvgIpc) is 2.71. The Balaban J connectivity index is 2.38. The summed E-state index contributed by atoms with van der Waals surface area (Å²) in [7, 11) is 0. The zero-order valence-corrected chi connectivity index (χ0v) is 6.75. The van der Waals surface area contributed by atoms with Gasteiger partial charge in [0.1, 0.15) is 6.61 Å². The second-order valence-corrected chi connectivity index (χ2v) is 2.20. The van der Waals surface area contributed by atoms with Crippen LogP contribution in [0.1, 0.15) is 13.8 Å². The van der Waals surface area contributed by atoms with Crippen LogP contribution < -0.4 is 0 Å². The summed E-state index contributed by atoms with van der Waals surface area (Å²) >= 11 is 0. The molecular weight excluding hydrogens is 148 g/mol. The van der Waals surface area contributed by atoms with Crippen molar-refractivity contribution in [2.45, 2.75) is 19.6 Å². The smallest absolute Gasteiger partial charge is 0.369 e. The average molecular weight is 160 g/mol. The summed E-state index contributed by atoms with van der Waals surface area (Å²) in [6, 6.07) is 0. The lowest BCUT2D eigenvalue weighted by Crippen LogP contribution is -2.30. The van der Waals surface area contributed by atoms with Crippen LogP contribution >= 0.6 is 0 Å².